The van der Waals surface area contributed by atoms with Gasteiger partial charge in [-0.05, 0) is 30.9 Å². The molecule has 5 heteroatoms. The Balaban J connectivity index is 1.50. The number of para-hydroxylation sites is 1. The van der Waals surface area contributed by atoms with Crippen molar-refractivity contribution in [3.63, 3.8) is 0 Å². The van der Waals surface area contributed by atoms with Gasteiger partial charge in [0.1, 0.15) is 17.4 Å². The quantitative estimate of drug-likeness (QED) is 0.624. The summed E-state index contributed by atoms with van der Waals surface area (Å²) in [5.74, 6) is 3.37. The number of benzene rings is 2. The molecule has 0 unspecified atom stereocenters. The lowest BCUT2D eigenvalue weighted by Crippen LogP contribution is -2.10. The van der Waals surface area contributed by atoms with Crippen LogP contribution < -0.4 is 15.4 Å². The predicted molar refractivity (Wildman–Crippen MR) is 109 cm³/mol. The maximum absolute atomic E-state index is 5.43. The molecule has 1 saturated carbocycles. The minimum atomic E-state index is 0.546. The van der Waals surface area contributed by atoms with Crippen LogP contribution in [-0.2, 0) is 6.42 Å². The van der Waals surface area contributed by atoms with Crippen LogP contribution in [0.2, 0.25) is 0 Å². The molecule has 2 N–H and O–H groups in total. The van der Waals surface area contributed by atoms with Crippen molar-refractivity contribution in [1.29, 1.82) is 0 Å². The first-order valence-electron chi connectivity index (χ1n) is 9.38. The van der Waals surface area contributed by atoms with Crippen LogP contribution >= 0.6 is 0 Å². The highest BCUT2D eigenvalue weighted by molar-refractivity contribution is 5.61. The monoisotopic (exact) mass is 360 g/mol. The van der Waals surface area contributed by atoms with Gasteiger partial charge in [0.15, 0.2) is 5.82 Å². The Morgan fingerprint density at radius 3 is 2.48 bits per heavy atom. The topological polar surface area (TPSA) is 59.1 Å². The van der Waals surface area contributed by atoms with Gasteiger partial charge >= 0.3 is 0 Å². The minimum Gasteiger partial charge on any atom is -0.496 e. The summed E-state index contributed by atoms with van der Waals surface area (Å²) in [7, 11) is 1.71. The normalized spacial score (nSPS) is 13.2. The summed E-state index contributed by atoms with van der Waals surface area (Å²) in [5.41, 5.74) is 2.20. The third-order valence-electron chi connectivity index (χ3n) is 4.58. The SMILES string of the molecule is COc1ccccc1CCNc1cc(NC2CC2)nc(-c2ccccc2)n1. The Hall–Kier alpha value is -3.08. The lowest BCUT2D eigenvalue weighted by molar-refractivity contribution is 0.410. The van der Waals surface area contributed by atoms with Gasteiger partial charge in [-0.15, -0.1) is 0 Å². The molecule has 0 atom stereocenters. The summed E-state index contributed by atoms with van der Waals surface area (Å²) >= 11 is 0. The van der Waals surface area contributed by atoms with E-state index < -0.39 is 0 Å². The van der Waals surface area contributed by atoms with E-state index >= 15 is 0 Å². The van der Waals surface area contributed by atoms with Crippen LogP contribution in [0.4, 0.5) is 11.6 Å². The first kappa shape index (κ1) is 17.3. The van der Waals surface area contributed by atoms with E-state index in [2.05, 4.69) is 16.7 Å². The van der Waals surface area contributed by atoms with Crippen molar-refractivity contribution in [2.45, 2.75) is 25.3 Å². The van der Waals surface area contributed by atoms with Crippen molar-refractivity contribution in [2.75, 3.05) is 24.3 Å². The third kappa shape index (κ3) is 4.56. The number of methoxy groups -OCH3 is 1. The zero-order valence-electron chi connectivity index (χ0n) is 15.5. The molecule has 0 saturated heterocycles. The molecule has 27 heavy (non-hydrogen) atoms. The summed E-state index contributed by atoms with van der Waals surface area (Å²) in [5, 5.41) is 6.92. The number of hydrogen-bond acceptors (Lipinski definition) is 5. The van der Waals surface area contributed by atoms with E-state index in [9.17, 15) is 0 Å². The number of nitrogens with zero attached hydrogens (tertiary/aromatic N) is 2. The van der Waals surface area contributed by atoms with Crippen LogP contribution in [0.25, 0.3) is 11.4 Å². The van der Waals surface area contributed by atoms with E-state index in [4.69, 9.17) is 14.7 Å². The van der Waals surface area contributed by atoms with E-state index in [1.54, 1.807) is 7.11 Å². The van der Waals surface area contributed by atoms with Crippen molar-refractivity contribution in [3.8, 4) is 17.1 Å². The van der Waals surface area contributed by atoms with E-state index in [-0.39, 0.29) is 0 Å². The zero-order valence-corrected chi connectivity index (χ0v) is 15.5. The lowest BCUT2D eigenvalue weighted by atomic mass is 10.1. The van der Waals surface area contributed by atoms with Crippen molar-refractivity contribution in [1.82, 2.24) is 9.97 Å². The van der Waals surface area contributed by atoms with Gasteiger partial charge in [-0.3, -0.25) is 0 Å². The molecular weight excluding hydrogens is 336 g/mol. The summed E-state index contributed by atoms with van der Waals surface area (Å²) in [6.45, 7) is 0.772. The number of nitrogens with one attached hydrogen (secondary N) is 2. The molecule has 1 fully saturated rings. The molecule has 4 rings (SSSR count). The van der Waals surface area contributed by atoms with Crippen LogP contribution in [0.3, 0.4) is 0 Å². The molecule has 0 spiro atoms. The van der Waals surface area contributed by atoms with Gasteiger partial charge in [0.05, 0.1) is 7.11 Å². The Morgan fingerprint density at radius 1 is 0.963 bits per heavy atom. The highest BCUT2D eigenvalue weighted by atomic mass is 16.5. The van der Waals surface area contributed by atoms with Crippen LogP contribution in [0.5, 0.6) is 5.75 Å². The average molecular weight is 360 g/mol. The first-order valence-corrected chi connectivity index (χ1v) is 9.38. The Morgan fingerprint density at radius 2 is 1.70 bits per heavy atom. The smallest absolute Gasteiger partial charge is 0.163 e. The molecule has 0 bridgehead atoms. The second-order valence-corrected chi connectivity index (χ2v) is 6.74. The fourth-order valence-electron chi connectivity index (χ4n) is 3.00. The summed E-state index contributed by atoms with van der Waals surface area (Å²) in [4.78, 5) is 9.41. The van der Waals surface area contributed by atoms with Gasteiger partial charge in [-0.1, -0.05) is 48.5 Å². The van der Waals surface area contributed by atoms with Crippen LogP contribution in [0.1, 0.15) is 18.4 Å². The summed E-state index contributed by atoms with van der Waals surface area (Å²) in [6.07, 6.45) is 3.28. The number of hydrogen-bond donors (Lipinski definition) is 2. The van der Waals surface area contributed by atoms with E-state index in [0.717, 1.165) is 41.7 Å². The molecule has 1 heterocycles. The molecule has 2 aromatic carbocycles. The molecule has 0 amide bonds. The highest BCUT2D eigenvalue weighted by Crippen LogP contribution is 2.26. The third-order valence-corrected chi connectivity index (χ3v) is 4.58. The van der Waals surface area contributed by atoms with Gasteiger partial charge in [-0.25, -0.2) is 9.97 Å². The standard InChI is InChI=1S/C22H24N4O/c1-27-19-10-6-5-7-16(19)13-14-23-20-15-21(24-18-11-12-18)26-22(25-20)17-8-3-2-4-9-17/h2-10,15,18H,11-14H2,1H3,(H2,23,24,25,26). The highest BCUT2D eigenvalue weighted by Gasteiger charge is 2.22. The van der Waals surface area contributed by atoms with E-state index in [1.807, 2.05) is 54.6 Å². The van der Waals surface area contributed by atoms with Crippen molar-refractivity contribution >= 4 is 11.6 Å². The molecule has 138 valence electrons. The fourth-order valence-corrected chi connectivity index (χ4v) is 3.00. The number of aromatic nitrogens is 2. The lowest BCUT2D eigenvalue weighted by Gasteiger charge is -2.12. The van der Waals surface area contributed by atoms with Crippen LogP contribution in [0.15, 0.2) is 60.7 Å². The molecule has 5 nitrogen and oxygen atoms in total. The second-order valence-electron chi connectivity index (χ2n) is 6.74. The number of ether oxygens (including phenoxy) is 1. The second kappa shape index (κ2) is 8.08. The number of anilines is 2. The maximum atomic E-state index is 5.43. The van der Waals surface area contributed by atoms with Gasteiger partial charge in [-0.2, -0.15) is 0 Å². The molecule has 1 aliphatic rings. The minimum absolute atomic E-state index is 0.546. The Kier molecular flexibility index (Phi) is 5.19. The van der Waals surface area contributed by atoms with Crippen molar-refractivity contribution < 1.29 is 4.74 Å². The molecule has 0 aliphatic heterocycles. The number of rotatable bonds is 8. The van der Waals surface area contributed by atoms with Crippen LogP contribution in [-0.4, -0.2) is 29.7 Å². The van der Waals surface area contributed by atoms with Gasteiger partial charge < -0.3 is 15.4 Å². The first-order chi connectivity index (χ1) is 13.3. The van der Waals surface area contributed by atoms with Gasteiger partial charge in [0.2, 0.25) is 0 Å². The van der Waals surface area contributed by atoms with Crippen molar-refractivity contribution in [2.24, 2.45) is 0 Å². The van der Waals surface area contributed by atoms with Gasteiger partial charge in [0.25, 0.3) is 0 Å². The summed E-state index contributed by atoms with van der Waals surface area (Å²) in [6, 6.07) is 20.7. The molecule has 1 aliphatic carbocycles. The molecular formula is C22H24N4O. The summed E-state index contributed by atoms with van der Waals surface area (Å²) < 4.78 is 5.43. The fraction of sp³-hybridized carbons (Fsp3) is 0.273. The predicted octanol–water partition coefficient (Wildman–Crippen LogP) is 4.38. The van der Waals surface area contributed by atoms with Crippen LogP contribution in [0, 0.1) is 0 Å². The largest absolute Gasteiger partial charge is 0.496 e. The maximum Gasteiger partial charge on any atom is 0.163 e. The van der Waals surface area contributed by atoms with E-state index in [1.165, 1.54) is 18.4 Å². The Bertz CT molecular complexity index is 894. The van der Waals surface area contributed by atoms with E-state index in [0.29, 0.717) is 6.04 Å². The average Bonchev–Trinajstić information content (AvgIpc) is 3.53. The van der Waals surface area contributed by atoms with Crippen molar-refractivity contribution in [3.05, 3.63) is 66.2 Å². The zero-order chi connectivity index (χ0) is 18.5. The molecule has 1 aromatic heterocycles. The molecule has 0 radical (unpaired) electrons. The molecule has 3 aromatic rings. The van der Waals surface area contributed by atoms with Gasteiger partial charge in [0, 0.05) is 24.2 Å². The Labute approximate surface area is 159 Å².